The maximum absolute atomic E-state index is 13.4. The van der Waals surface area contributed by atoms with E-state index >= 15 is 0 Å². The molecule has 2 unspecified atom stereocenters. The van der Waals surface area contributed by atoms with Crippen LogP contribution in [0.2, 0.25) is 10.0 Å². The van der Waals surface area contributed by atoms with E-state index in [1.54, 1.807) is 18.2 Å². The standard InChI is InChI=1S/C31H33Cl2N5O2/c1-22-24(9-5-11-27(22)23-7-3-2-4-8-23)16-37-14-6-10-25(17-37)30(39)35-18-31(40,19-38-21-34-20-36-38)28-13-12-26(32)15-29(28)33/h2-5,7-9,11-13,15,20-21,25,40H,6,10,14,16-19H2,1H3,(H,35,39). The van der Waals surface area contributed by atoms with E-state index in [1.807, 2.05) is 6.07 Å². The van der Waals surface area contributed by atoms with Crippen molar-refractivity contribution in [2.45, 2.75) is 38.5 Å². The fourth-order valence-electron chi connectivity index (χ4n) is 5.50. The molecular weight excluding hydrogens is 545 g/mol. The summed E-state index contributed by atoms with van der Waals surface area (Å²) in [5.74, 6) is -0.260. The zero-order valence-corrected chi connectivity index (χ0v) is 23.9. The van der Waals surface area contributed by atoms with Crippen molar-refractivity contribution in [3.05, 3.63) is 106 Å². The molecule has 1 aliphatic rings. The van der Waals surface area contributed by atoms with Crippen molar-refractivity contribution in [2.24, 2.45) is 5.92 Å². The number of rotatable bonds is 9. The average molecular weight is 579 g/mol. The van der Waals surface area contributed by atoms with Gasteiger partial charge in [0.25, 0.3) is 0 Å². The molecule has 0 aliphatic carbocycles. The van der Waals surface area contributed by atoms with Crippen LogP contribution in [0.1, 0.15) is 29.5 Å². The number of likely N-dealkylation sites (tertiary alicyclic amines) is 1. The first-order valence-corrected chi connectivity index (χ1v) is 14.2. The molecule has 2 heterocycles. The van der Waals surface area contributed by atoms with Gasteiger partial charge in [-0.25, -0.2) is 9.67 Å². The van der Waals surface area contributed by atoms with E-state index in [4.69, 9.17) is 23.2 Å². The number of halogens is 2. The minimum absolute atomic E-state index is 0.0260. The smallest absolute Gasteiger partial charge is 0.224 e. The summed E-state index contributed by atoms with van der Waals surface area (Å²) in [5.41, 5.74) is 3.93. The SMILES string of the molecule is Cc1c(CN2CCCC(C(=O)NCC(O)(Cn3cncn3)c3ccc(Cl)cc3Cl)C2)cccc1-c1ccccc1. The summed E-state index contributed by atoms with van der Waals surface area (Å²) in [6.07, 6.45) is 4.65. The van der Waals surface area contributed by atoms with Gasteiger partial charge in [0.2, 0.25) is 5.91 Å². The monoisotopic (exact) mass is 577 g/mol. The Morgan fingerprint density at radius 1 is 1.12 bits per heavy atom. The van der Waals surface area contributed by atoms with Crippen LogP contribution in [0.5, 0.6) is 0 Å². The summed E-state index contributed by atoms with van der Waals surface area (Å²) in [6.45, 7) is 4.60. The molecule has 40 heavy (non-hydrogen) atoms. The first-order valence-electron chi connectivity index (χ1n) is 13.5. The van der Waals surface area contributed by atoms with E-state index in [1.165, 1.54) is 39.6 Å². The van der Waals surface area contributed by atoms with Crippen molar-refractivity contribution in [1.82, 2.24) is 25.0 Å². The second-order valence-electron chi connectivity index (χ2n) is 10.5. The van der Waals surface area contributed by atoms with Crippen LogP contribution in [0.25, 0.3) is 11.1 Å². The lowest BCUT2D eigenvalue weighted by molar-refractivity contribution is -0.128. The van der Waals surface area contributed by atoms with Gasteiger partial charge in [-0.2, -0.15) is 5.10 Å². The third kappa shape index (κ3) is 6.56. The Morgan fingerprint density at radius 3 is 2.70 bits per heavy atom. The van der Waals surface area contributed by atoms with Gasteiger partial charge in [-0.15, -0.1) is 0 Å². The fourth-order valence-corrected chi connectivity index (χ4v) is 6.09. The Morgan fingerprint density at radius 2 is 1.95 bits per heavy atom. The van der Waals surface area contributed by atoms with Crippen molar-refractivity contribution in [1.29, 1.82) is 0 Å². The summed E-state index contributed by atoms with van der Waals surface area (Å²) < 4.78 is 1.52. The van der Waals surface area contributed by atoms with E-state index in [9.17, 15) is 9.90 Å². The third-order valence-corrected chi connectivity index (χ3v) is 8.23. The number of nitrogens with zero attached hydrogens (tertiary/aromatic N) is 4. The first-order chi connectivity index (χ1) is 19.3. The van der Waals surface area contributed by atoms with Gasteiger partial charge in [-0.3, -0.25) is 9.69 Å². The number of benzene rings is 3. The molecule has 0 radical (unpaired) electrons. The Hall–Kier alpha value is -3.23. The van der Waals surface area contributed by atoms with Gasteiger partial charge in [-0.05, 0) is 60.7 Å². The van der Waals surface area contributed by atoms with Gasteiger partial charge in [-0.1, -0.05) is 77.8 Å². The van der Waals surface area contributed by atoms with Gasteiger partial charge in [0.15, 0.2) is 0 Å². The van der Waals surface area contributed by atoms with E-state index in [0.29, 0.717) is 22.2 Å². The summed E-state index contributed by atoms with van der Waals surface area (Å²) in [5, 5.41) is 19.6. The van der Waals surface area contributed by atoms with Crippen molar-refractivity contribution in [2.75, 3.05) is 19.6 Å². The third-order valence-electron chi connectivity index (χ3n) is 7.68. The van der Waals surface area contributed by atoms with E-state index < -0.39 is 5.60 Å². The molecule has 208 valence electrons. The summed E-state index contributed by atoms with van der Waals surface area (Å²) in [6, 6.07) is 21.8. The fraction of sp³-hybridized carbons (Fsp3) is 0.323. The van der Waals surface area contributed by atoms with Gasteiger partial charge in [0.05, 0.1) is 19.0 Å². The second kappa shape index (κ2) is 12.5. The van der Waals surface area contributed by atoms with Crippen LogP contribution >= 0.6 is 23.2 Å². The number of hydrogen-bond acceptors (Lipinski definition) is 5. The number of aromatic nitrogens is 3. The van der Waals surface area contributed by atoms with E-state index in [-0.39, 0.29) is 24.9 Å². The highest BCUT2D eigenvalue weighted by atomic mass is 35.5. The van der Waals surface area contributed by atoms with Crippen LogP contribution in [0, 0.1) is 12.8 Å². The minimum atomic E-state index is -1.51. The Bertz CT molecular complexity index is 1450. The van der Waals surface area contributed by atoms with Gasteiger partial charge in [0, 0.05) is 28.7 Å². The molecule has 0 spiro atoms. The molecule has 2 N–H and O–H groups in total. The van der Waals surface area contributed by atoms with Crippen LogP contribution in [0.4, 0.5) is 0 Å². The Kier molecular flexibility index (Phi) is 8.86. The molecule has 9 heteroatoms. The quantitative estimate of drug-likeness (QED) is 0.275. The normalized spacial score (nSPS) is 17.4. The molecule has 2 atom stereocenters. The minimum Gasteiger partial charge on any atom is -0.381 e. The van der Waals surface area contributed by atoms with Crippen LogP contribution < -0.4 is 5.32 Å². The summed E-state index contributed by atoms with van der Waals surface area (Å²) in [4.78, 5) is 19.7. The second-order valence-corrected chi connectivity index (χ2v) is 11.3. The molecule has 5 rings (SSSR count). The molecule has 1 fully saturated rings. The maximum Gasteiger partial charge on any atom is 0.224 e. The molecular formula is C31H33Cl2N5O2. The molecule has 1 aliphatic heterocycles. The molecule has 0 saturated carbocycles. The van der Waals surface area contributed by atoms with E-state index in [0.717, 1.165) is 25.9 Å². The average Bonchev–Trinajstić information content (AvgIpc) is 3.46. The summed E-state index contributed by atoms with van der Waals surface area (Å²) in [7, 11) is 0. The predicted octanol–water partition coefficient (Wildman–Crippen LogP) is 5.48. The van der Waals surface area contributed by atoms with Crippen molar-refractivity contribution >= 4 is 29.1 Å². The van der Waals surface area contributed by atoms with Crippen LogP contribution in [0.3, 0.4) is 0 Å². The number of nitrogens with one attached hydrogen (secondary N) is 1. The lowest BCUT2D eigenvalue weighted by Gasteiger charge is -2.34. The van der Waals surface area contributed by atoms with Crippen LogP contribution in [0.15, 0.2) is 79.4 Å². The van der Waals surface area contributed by atoms with E-state index in [2.05, 4.69) is 69.7 Å². The number of piperidine rings is 1. The van der Waals surface area contributed by atoms with Gasteiger partial charge < -0.3 is 10.4 Å². The molecule has 1 aromatic heterocycles. The highest BCUT2D eigenvalue weighted by molar-refractivity contribution is 6.35. The molecule has 4 aromatic rings. The molecule has 7 nitrogen and oxygen atoms in total. The van der Waals surface area contributed by atoms with Crippen LogP contribution in [-0.2, 0) is 23.5 Å². The van der Waals surface area contributed by atoms with Crippen molar-refractivity contribution in [3.63, 3.8) is 0 Å². The Labute approximate surface area is 244 Å². The molecule has 3 aromatic carbocycles. The van der Waals surface area contributed by atoms with Crippen LogP contribution in [-0.4, -0.2) is 50.3 Å². The summed E-state index contributed by atoms with van der Waals surface area (Å²) >= 11 is 12.6. The largest absolute Gasteiger partial charge is 0.381 e. The molecule has 1 amide bonds. The Balaban J connectivity index is 1.26. The highest BCUT2D eigenvalue weighted by Gasteiger charge is 2.35. The topological polar surface area (TPSA) is 83.3 Å². The molecule has 1 saturated heterocycles. The zero-order chi connectivity index (χ0) is 28.1. The lowest BCUT2D eigenvalue weighted by atomic mass is 9.92. The predicted molar refractivity (Wildman–Crippen MR) is 158 cm³/mol. The highest BCUT2D eigenvalue weighted by Crippen LogP contribution is 2.32. The zero-order valence-electron chi connectivity index (χ0n) is 22.4. The number of aliphatic hydroxyl groups is 1. The lowest BCUT2D eigenvalue weighted by Crippen LogP contribution is -2.48. The maximum atomic E-state index is 13.4. The number of carbonyl (C=O) groups is 1. The molecule has 0 bridgehead atoms. The number of carbonyl (C=O) groups excluding carboxylic acids is 1. The number of hydrogen-bond donors (Lipinski definition) is 2. The van der Waals surface area contributed by atoms with Crippen molar-refractivity contribution in [3.8, 4) is 11.1 Å². The van der Waals surface area contributed by atoms with Gasteiger partial charge >= 0.3 is 0 Å². The first kappa shape index (κ1) is 28.3. The van der Waals surface area contributed by atoms with Crippen molar-refractivity contribution < 1.29 is 9.90 Å². The van der Waals surface area contributed by atoms with Gasteiger partial charge in [0.1, 0.15) is 18.3 Å². The number of amides is 1.